The van der Waals surface area contributed by atoms with E-state index in [-0.39, 0.29) is 91.1 Å². The van der Waals surface area contributed by atoms with Gasteiger partial charge in [-0.3, -0.25) is 58.1 Å². The second-order valence-corrected chi connectivity index (χ2v) is 31.2. The zero-order valence-corrected chi connectivity index (χ0v) is 61.8. The number of carbonyl (C=O) groups is 11. The number of hydrogen-bond acceptors (Lipinski definition) is 34. The first-order valence-corrected chi connectivity index (χ1v) is 39.5. The van der Waals surface area contributed by atoms with Gasteiger partial charge in [-0.15, -0.1) is 5.06 Å². The summed E-state index contributed by atoms with van der Waals surface area (Å²) in [6.07, 6.45) is -3.85. The zero-order chi connectivity index (χ0) is 76.6. The summed E-state index contributed by atoms with van der Waals surface area (Å²) in [5.41, 5.74) is 0. The summed E-state index contributed by atoms with van der Waals surface area (Å²) in [5, 5.41) is 55.4. The predicted octanol–water partition coefficient (Wildman–Crippen LogP) is -1.09. The van der Waals surface area contributed by atoms with Crippen LogP contribution in [0.15, 0.2) is 0 Å². The van der Waals surface area contributed by atoms with Gasteiger partial charge in [-0.1, -0.05) is 6.92 Å². The van der Waals surface area contributed by atoms with E-state index in [2.05, 4.69) is 0 Å². The highest BCUT2D eigenvalue weighted by Gasteiger charge is 2.66. The molecule has 0 radical (unpaired) electrons. The maximum absolute atomic E-state index is 17.1. The molecule has 0 aromatic rings. The van der Waals surface area contributed by atoms with Crippen molar-refractivity contribution in [2.75, 3.05) is 91.9 Å². The second-order valence-electron chi connectivity index (χ2n) is 31.2. The van der Waals surface area contributed by atoms with Gasteiger partial charge in [0.2, 0.25) is 0 Å². The number of hydroxylamine groups is 14. The molecule has 13 heterocycles. The fourth-order valence-corrected chi connectivity index (χ4v) is 19.2. The summed E-state index contributed by atoms with van der Waals surface area (Å²) in [6, 6.07) is -13.1. The number of rotatable bonds is 36. The van der Waals surface area contributed by atoms with Gasteiger partial charge in [-0.2, -0.15) is 30.4 Å². The van der Waals surface area contributed by atoms with Crippen molar-refractivity contribution in [1.82, 2.24) is 50.1 Å². The number of aldehydes is 7. The number of hydrogen-bond donors (Lipinski definition) is 4. The van der Waals surface area contributed by atoms with Crippen molar-refractivity contribution >= 4 is 67.9 Å². The van der Waals surface area contributed by atoms with Crippen LogP contribution in [0.4, 0.5) is 0 Å². The molecule has 608 valence electrons. The number of carboxylic acids is 3. The lowest BCUT2D eigenvalue weighted by Crippen LogP contribution is -2.72. The topological polar surface area (TPSA) is 412 Å². The SMILES string of the molecule is C[C@@H]1C(N2CCC[C@H]2C(=O)O)C[C@](O[C@@H]2C(ON3CCC[C@H]3C=O)[C@H](O[C@H]3C(N4CCC[C@H]4C(=O)O)C(ON4CCC[C@H]4C=O)CO[C@H]3CO)OC(CON3CCC[C@H]3C=O)[C@@H]2ON2CCC[C@H]2C=O)(C(=O)ON2CCC[C@H]2C=O)O[C@H]1[C@@H]([C@@H](CON1CCC[C@H]1C=O)ON1CCC[C@H]1C=O)N1CCC[C@H]1C(=O)O. The smallest absolute Gasteiger partial charge is 0.385 e. The standard InChI is InChI=1S/C72H108N10O27/c1-44-55(73-22-9-19-52(73)67(91)92)32-72(71(97)109-82-31-8-18-51(82)39-89,103-62(44)60(74-23-10-20-53(74)68(93)94)58(106-79-28-5-15-48(79)36-86)42-99-76-25-2-12-45(76)33-83)104-65-64(107-80-29-6-16-49(80)37-87)59(43-100-77-26-3-13-46(77)34-84)101-70(66(65)108-81-30-7-17-50(81)38-88)102-63-56(40-90)98-41-57(105-78-27-4-14-47(78)35-85)61(63)75-24-11-21-54(75)69(95)96/h33-39,44-66,70,90H,2-32,40-43H2,1H3,(H,91,92)(H,93,94)(H,95,96)/t44-,45+,46+,47+,48+,49+,50+,51+,52+,53+,54+,55?,56+,57?,58-,59?,60-,61?,62-,63-,64+,65+,66?,70+,72+/m1/s1. The highest BCUT2D eigenvalue weighted by molar-refractivity contribution is 5.79. The van der Waals surface area contributed by atoms with Crippen LogP contribution in [0.5, 0.6) is 0 Å². The molecule has 0 spiro atoms. The van der Waals surface area contributed by atoms with E-state index in [0.29, 0.717) is 128 Å². The van der Waals surface area contributed by atoms with Gasteiger partial charge in [-0.05, 0) is 154 Å². The number of aliphatic hydroxyl groups excluding tert-OH is 1. The Balaban J connectivity index is 1.03. The largest absolute Gasteiger partial charge is 0.480 e. The van der Waals surface area contributed by atoms with Gasteiger partial charge in [0.25, 0.3) is 5.79 Å². The fourth-order valence-electron chi connectivity index (χ4n) is 19.2. The lowest BCUT2D eigenvalue weighted by Gasteiger charge is -2.56. The molecule has 25 atom stereocenters. The summed E-state index contributed by atoms with van der Waals surface area (Å²) in [6.45, 7) is 1.66. The van der Waals surface area contributed by atoms with E-state index in [1.54, 1.807) is 21.6 Å². The van der Waals surface area contributed by atoms with Crippen LogP contribution in [-0.2, 0) is 110 Å². The maximum Gasteiger partial charge on any atom is 0.385 e. The summed E-state index contributed by atoms with van der Waals surface area (Å²) in [7, 11) is 0. The van der Waals surface area contributed by atoms with Crippen LogP contribution in [0.2, 0.25) is 0 Å². The molecule has 0 amide bonds. The zero-order valence-electron chi connectivity index (χ0n) is 61.8. The Morgan fingerprint density at radius 2 is 0.954 bits per heavy atom. The van der Waals surface area contributed by atoms with Crippen LogP contribution in [0.3, 0.4) is 0 Å². The Bertz CT molecular complexity index is 3160. The Labute approximate surface area is 631 Å². The van der Waals surface area contributed by atoms with Crippen LogP contribution in [0.1, 0.15) is 142 Å². The molecule has 109 heavy (non-hydrogen) atoms. The third-order valence-corrected chi connectivity index (χ3v) is 24.7. The molecule has 0 aliphatic carbocycles. The fraction of sp³-hybridized carbons (Fsp3) is 0.847. The lowest BCUT2D eigenvalue weighted by molar-refractivity contribution is -0.425. The van der Waals surface area contributed by atoms with Crippen LogP contribution in [-0.4, -0.2) is 376 Å². The number of ether oxygens (including phenoxy) is 5. The lowest BCUT2D eigenvalue weighted by atomic mass is 9.79. The average Bonchev–Trinajstić information content (AvgIpc) is 1.55. The van der Waals surface area contributed by atoms with E-state index in [9.17, 15) is 68.4 Å². The highest BCUT2D eigenvalue weighted by Crippen LogP contribution is 2.48. The number of carbonyl (C=O) groups excluding carboxylic acids is 8. The van der Waals surface area contributed by atoms with Crippen molar-refractivity contribution in [3.05, 3.63) is 0 Å². The van der Waals surface area contributed by atoms with Gasteiger partial charge in [0, 0.05) is 58.3 Å². The van der Waals surface area contributed by atoms with Gasteiger partial charge < -0.3 is 82.5 Å². The third kappa shape index (κ3) is 17.7. The predicted molar refractivity (Wildman–Crippen MR) is 368 cm³/mol. The van der Waals surface area contributed by atoms with Crippen LogP contribution in [0.25, 0.3) is 0 Å². The van der Waals surface area contributed by atoms with Crippen LogP contribution < -0.4 is 0 Å². The molecule has 13 fully saturated rings. The van der Waals surface area contributed by atoms with Gasteiger partial charge in [0.05, 0.1) is 80.9 Å². The van der Waals surface area contributed by atoms with Gasteiger partial charge in [0.1, 0.15) is 111 Å². The Morgan fingerprint density at radius 3 is 1.51 bits per heavy atom. The van der Waals surface area contributed by atoms with Gasteiger partial charge >= 0.3 is 23.9 Å². The molecule has 13 aliphatic rings. The first-order valence-electron chi connectivity index (χ1n) is 39.5. The molecule has 0 aromatic carbocycles. The molecule has 13 rings (SSSR count). The molecule has 4 N–H and O–H groups in total. The molecule has 37 heteroatoms. The number of aliphatic carboxylic acids is 3. The average molecular weight is 1550 g/mol. The van der Waals surface area contributed by atoms with E-state index in [4.69, 9.17) is 57.5 Å². The van der Waals surface area contributed by atoms with E-state index in [1.165, 1.54) is 35.4 Å². The summed E-state index contributed by atoms with van der Waals surface area (Å²) in [5.74, 6) is -8.80. The molecular formula is C72H108N10O27. The minimum Gasteiger partial charge on any atom is -0.480 e. The Kier molecular flexibility index (Phi) is 28.0. The third-order valence-electron chi connectivity index (χ3n) is 24.7. The van der Waals surface area contributed by atoms with Crippen molar-refractivity contribution in [1.29, 1.82) is 0 Å². The molecule has 5 unspecified atom stereocenters. The van der Waals surface area contributed by atoms with E-state index >= 15 is 4.79 Å². The van der Waals surface area contributed by atoms with Crippen molar-refractivity contribution < 1.29 is 131 Å². The molecule has 0 bridgehead atoms. The highest BCUT2D eigenvalue weighted by atomic mass is 16.8. The minimum absolute atomic E-state index is 0.0266. The molecule has 37 nitrogen and oxygen atoms in total. The van der Waals surface area contributed by atoms with Gasteiger partial charge in [0.15, 0.2) is 12.4 Å². The molecule has 0 aromatic heterocycles. The van der Waals surface area contributed by atoms with E-state index in [0.717, 1.165) is 25.1 Å². The molecular weight excluding hydrogens is 1440 g/mol. The first kappa shape index (κ1) is 81.7. The Hall–Kier alpha value is -5.31. The first-order chi connectivity index (χ1) is 52.9. The van der Waals surface area contributed by atoms with Crippen molar-refractivity contribution in [3.63, 3.8) is 0 Å². The second kappa shape index (κ2) is 37.3. The van der Waals surface area contributed by atoms with E-state index < -0.39 is 202 Å². The normalized spacial score (nSPS) is 40.0. The summed E-state index contributed by atoms with van der Waals surface area (Å²) in [4.78, 5) is 203. The quantitative estimate of drug-likeness (QED) is 0.0542. The van der Waals surface area contributed by atoms with Gasteiger partial charge in [-0.25, -0.2) is 4.79 Å². The van der Waals surface area contributed by atoms with Crippen LogP contribution in [0, 0.1) is 5.92 Å². The number of aliphatic hydroxyl groups is 1. The van der Waals surface area contributed by atoms with E-state index in [1.807, 2.05) is 0 Å². The van der Waals surface area contributed by atoms with Crippen molar-refractivity contribution in [3.8, 4) is 0 Å². The summed E-state index contributed by atoms with van der Waals surface area (Å²) >= 11 is 0. The summed E-state index contributed by atoms with van der Waals surface area (Å²) < 4.78 is 37.1. The number of carboxylic acid groups (broad SMARTS) is 3. The number of likely N-dealkylation sites (tertiary alicyclic amines) is 3. The molecule has 13 aliphatic heterocycles. The molecule has 0 saturated carbocycles. The monoisotopic (exact) mass is 1540 g/mol. The van der Waals surface area contributed by atoms with Crippen molar-refractivity contribution in [2.24, 2.45) is 5.92 Å². The Morgan fingerprint density at radius 1 is 0.495 bits per heavy atom. The minimum atomic E-state index is -2.96. The van der Waals surface area contributed by atoms with Crippen LogP contribution >= 0.6 is 0 Å². The maximum atomic E-state index is 17.1. The number of nitrogens with zero attached hydrogens (tertiary/aromatic N) is 10. The van der Waals surface area contributed by atoms with Crippen molar-refractivity contribution in [2.45, 2.75) is 287 Å². The molecule has 13 saturated heterocycles.